The van der Waals surface area contributed by atoms with Gasteiger partial charge in [0.05, 0.1) is 0 Å². The molecule has 0 radical (unpaired) electrons. The molecule has 1 fully saturated rings. The molecule has 0 aromatic heterocycles. The number of rotatable bonds is 4. The van der Waals surface area contributed by atoms with Crippen molar-refractivity contribution in [1.29, 1.82) is 0 Å². The highest BCUT2D eigenvalue weighted by atomic mass is 79.9. The summed E-state index contributed by atoms with van der Waals surface area (Å²) in [7, 11) is 0. The summed E-state index contributed by atoms with van der Waals surface area (Å²) in [5.41, 5.74) is 0.756. The Morgan fingerprint density at radius 3 is 2.74 bits per heavy atom. The zero-order chi connectivity index (χ0) is 13.0. The number of nitrogens with one attached hydrogen (secondary N) is 1. The van der Waals surface area contributed by atoms with E-state index in [9.17, 15) is 4.39 Å². The van der Waals surface area contributed by atoms with Crippen LogP contribution in [0.4, 0.5) is 4.39 Å². The summed E-state index contributed by atoms with van der Waals surface area (Å²) >= 11 is 3.42. The van der Waals surface area contributed by atoms with Gasteiger partial charge in [-0.2, -0.15) is 0 Å². The molecule has 1 atom stereocenters. The number of halogens is 3. The van der Waals surface area contributed by atoms with Gasteiger partial charge in [-0.1, -0.05) is 22.0 Å². The first kappa shape index (κ1) is 16.6. The second kappa shape index (κ2) is 8.00. The fraction of sp³-hybridized carbons (Fsp3) is 0.429. The van der Waals surface area contributed by atoms with Crippen LogP contribution in [0.25, 0.3) is 0 Å². The normalized spacial score (nSPS) is 17.6. The van der Waals surface area contributed by atoms with Crippen LogP contribution in [0, 0.1) is 5.82 Å². The van der Waals surface area contributed by atoms with Gasteiger partial charge in [0.25, 0.3) is 0 Å². The number of piperazine rings is 1. The molecule has 1 aliphatic rings. The molecule has 0 amide bonds. The molecule has 5 heteroatoms. The summed E-state index contributed by atoms with van der Waals surface area (Å²) in [5.74, 6) is -0.136. The van der Waals surface area contributed by atoms with Crippen molar-refractivity contribution in [3.63, 3.8) is 0 Å². The van der Waals surface area contributed by atoms with E-state index in [1.165, 1.54) is 6.07 Å². The molecule has 0 saturated carbocycles. The Morgan fingerprint density at radius 1 is 1.42 bits per heavy atom. The van der Waals surface area contributed by atoms with Crippen LogP contribution in [0.2, 0.25) is 0 Å². The third-order valence-corrected chi connectivity index (χ3v) is 3.79. The smallest absolute Gasteiger partial charge is 0.128 e. The molecule has 1 aromatic rings. The number of nitrogens with zero attached hydrogens (tertiary/aromatic N) is 1. The molecule has 1 N–H and O–H groups in total. The van der Waals surface area contributed by atoms with Gasteiger partial charge >= 0.3 is 0 Å². The van der Waals surface area contributed by atoms with Crippen LogP contribution >= 0.6 is 28.3 Å². The highest BCUT2D eigenvalue weighted by Crippen LogP contribution is 2.29. The van der Waals surface area contributed by atoms with Crippen LogP contribution in [0.3, 0.4) is 0 Å². The largest absolute Gasteiger partial charge is 0.314 e. The third kappa shape index (κ3) is 4.28. The van der Waals surface area contributed by atoms with E-state index in [0.29, 0.717) is 0 Å². The van der Waals surface area contributed by atoms with E-state index in [-0.39, 0.29) is 24.3 Å². The monoisotopic (exact) mass is 348 g/mol. The molecule has 2 rings (SSSR count). The van der Waals surface area contributed by atoms with E-state index >= 15 is 0 Å². The molecule has 19 heavy (non-hydrogen) atoms. The van der Waals surface area contributed by atoms with Crippen LogP contribution in [0.15, 0.2) is 35.3 Å². The molecule has 1 aliphatic heterocycles. The van der Waals surface area contributed by atoms with Gasteiger partial charge in [0.1, 0.15) is 5.82 Å². The van der Waals surface area contributed by atoms with Crippen LogP contribution in [0.5, 0.6) is 0 Å². The lowest BCUT2D eigenvalue weighted by Gasteiger charge is -2.35. The maximum absolute atomic E-state index is 14.0. The molecule has 0 spiro atoms. The van der Waals surface area contributed by atoms with Gasteiger partial charge in [-0.15, -0.1) is 19.0 Å². The van der Waals surface area contributed by atoms with Crippen LogP contribution in [-0.2, 0) is 0 Å². The Kier molecular flexibility index (Phi) is 7.00. The van der Waals surface area contributed by atoms with Crippen LogP contribution in [0.1, 0.15) is 18.0 Å². The summed E-state index contributed by atoms with van der Waals surface area (Å²) in [5, 5.41) is 3.32. The van der Waals surface area contributed by atoms with Crippen LogP contribution < -0.4 is 5.32 Å². The Bertz CT molecular complexity index is 422. The molecule has 2 nitrogen and oxygen atoms in total. The van der Waals surface area contributed by atoms with Gasteiger partial charge in [-0.3, -0.25) is 4.90 Å². The second-order valence-electron chi connectivity index (χ2n) is 4.49. The van der Waals surface area contributed by atoms with E-state index in [0.717, 1.165) is 42.6 Å². The third-order valence-electron chi connectivity index (χ3n) is 3.30. The Morgan fingerprint density at radius 2 is 2.11 bits per heavy atom. The lowest BCUT2D eigenvalue weighted by molar-refractivity contribution is 0.171. The standard InChI is InChI=1S/C14H18BrFN2.ClH/c1-2-3-14(18-8-6-17-7-9-18)12-10-11(15)4-5-13(12)16;/h2,4-5,10,14,17H,1,3,6-9H2;1H/t14-;/m0./s1. The molecule has 1 saturated heterocycles. The van der Waals surface area contributed by atoms with Gasteiger partial charge < -0.3 is 5.32 Å². The Labute approximate surface area is 128 Å². The highest BCUT2D eigenvalue weighted by molar-refractivity contribution is 9.10. The van der Waals surface area contributed by atoms with Gasteiger partial charge in [0, 0.05) is 42.3 Å². The highest BCUT2D eigenvalue weighted by Gasteiger charge is 2.23. The first-order valence-electron chi connectivity index (χ1n) is 6.23. The Hall–Kier alpha value is -0.420. The molecule has 0 aliphatic carbocycles. The van der Waals surface area contributed by atoms with Crippen molar-refractivity contribution in [2.75, 3.05) is 26.2 Å². The Balaban J connectivity index is 0.00000180. The average molecular weight is 350 g/mol. The number of hydrogen-bond acceptors (Lipinski definition) is 2. The zero-order valence-electron chi connectivity index (χ0n) is 10.7. The molecule has 106 valence electrons. The molecule has 1 heterocycles. The molecule has 1 aromatic carbocycles. The lowest BCUT2D eigenvalue weighted by Crippen LogP contribution is -2.45. The SMILES string of the molecule is C=CC[C@@H](c1cc(Br)ccc1F)N1CCNCC1.Cl. The van der Waals surface area contributed by atoms with Gasteiger partial charge in [0.15, 0.2) is 0 Å². The molecule has 0 bridgehead atoms. The van der Waals surface area contributed by atoms with Crippen molar-refractivity contribution in [2.24, 2.45) is 0 Å². The molecular formula is C14H19BrClFN2. The fourth-order valence-electron chi connectivity index (χ4n) is 2.39. The van der Waals surface area contributed by atoms with Gasteiger partial charge in [0.2, 0.25) is 0 Å². The maximum atomic E-state index is 14.0. The first-order chi connectivity index (χ1) is 8.72. The maximum Gasteiger partial charge on any atom is 0.128 e. The second-order valence-corrected chi connectivity index (χ2v) is 5.41. The van der Waals surface area contributed by atoms with Gasteiger partial charge in [-0.25, -0.2) is 4.39 Å². The minimum Gasteiger partial charge on any atom is -0.314 e. The summed E-state index contributed by atoms with van der Waals surface area (Å²) in [6.45, 7) is 7.62. The molecular weight excluding hydrogens is 331 g/mol. The van der Waals surface area contributed by atoms with Crippen molar-refractivity contribution in [3.05, 3.63) is 46.7 Å². The average Bonchev–Trinajstić information content (AvgIpc) is 2.40. The predicted molar refractivity (Wildman–Crippen MR) is 83.3 cm³/mol. The van der Waals surface area contributed by atoms with E-state index < -0.39 is 0 Å². The van der Waals surface area contributed by atoms with Crippen LogP contribution in [-0.4, -0.2) is 31.1 Å². The fourth-order valence-corrected chi connectivity index (χ4v) is 2.77. The minimum atomic E-state index is -0.136. The van der Waals surface area contributed by atoms with E-state index in [4.69, 9.17) is 0 Å². The lowest BCUT2D eigenvalue weighted by atomic mass is 10.0. The number of hydrogen-bond donors (Lipinski definition) is 1. The van der Waals surface area contributed by atoms with Crippen molar-refractivity contribution in [2.45, 2.75) is 12.5 Å². The summed E-state index contributed by atoms with van der Waals surface area (Å²) in [4.78, 5) is 2.32. The van der Waals surface area contributed by atoms with Crippen molar-refractivity contribution in [3.8, 4) is 0 Å². The van der Waals surface area contributed by atoms with Gasteiger partial charge in [-0.05, 0) is 24.6 Å². The summed E-state index contributed by atoms with van der Waals surface area (Å²) < 4.78 is 14.9. The quantitative estimate of drug-likeness (QED) is 0.837. The minimum absolute atomic E-state index is 0. The number of benzene rings is 1. The molecule has 0 unspecified atom stereocenters. The van der Waals surface area contributed by atoms with Crippen molar-refractivity contribution >= 4 is 28.3 Å². The van der Waals surface area contributed by atoms with Crippen molar-refractivity contribution < 1.29 is 4.39 Å². The van der Waals surface area contributed by atoms with E-state index in [2.05, 4.69) is 32.7 Å². The summed E-state index contributed by atoms with van der Waals surface area (Å²) in [6.07, 6.45) is 2.64. The van der Waals surface area contributed by atoms with E-state index in [1.54, 1.807) is 6.07 Å². The zero-order valence-corrected chi connectivity index (χ0v) is 13.1. The summed E-state index contributed by atoms with van der Waals surface area (Å²) in [6, 6.07) is 5.23. The van der Waals surface area contributed by atoms with Crippen molar-refractivity contribution in [1.82, 2.24) is 10.2 Å². The first-order valence-corrected chi connectivity index (χ1v) is 7.02. The topological polar surface area (TPSA) is 15.3 Å². The predicted octanol–water partition coefficient (Wildman–Crippen LogP) is 3.53. The van der Waals surface area contributed by atoms with E-state index in [1.807, 2.05) is 12.1 Å².